The predicted molar refractivity (Wildman–Crippen MR) is 89.0 cm³/mol. The first-order chi connectivity index (χ1) is 12.5. The molecule has 6 heteroatoms. The molecule has 3 aromatic rings. The van der Waals surface area contributed by atoms with E-state index in [4.69, 9.17) is 0 Å². The number of halogens is 5. The van der Waals surface area contributed by atoms with Gasteiger partial charge in [0.15, 0.2) is 23.3 Å². The fourth-order valence-electron chi connectivity index (χ4n) is 2.69. The molecule has 0 heterocycles. The van der Waals surface area contributed by atoms with Crippen LogP contribution in [0.5, 0.6) is 0 Å². The van der Waals surface area contributed by atoms with E-state index in [1.54, 1.807) is 60.7 Å². The van der Waals surface area contributed by atoms with Crippen molar-refractivity contribution >= 4 is 5.69 Å². The summed E-state index contributed by atoms with van der Waals surface area (Å²) in [5.41, 5.74) is 0.411. The number of nitrogens with zero attached hydrogens (tertiary/aromatic N) is 1. The van der Waals surface area contributed by atoms with Gasteiger partial charge in [0, 0.05) is 13.1 Å². The van der Waals surface area contributed by atoms with Gasteiger partial charge in [-0.25, -0.2) is 22.0 Å². The molecule has 0 spiro atoms. The van der Waals surface area contributed by atoms with Crippen molar-refractivity contribution in [1.29, 1.82) is 0 Å². The topological polar surface area (TPSA) is 3.24 Å². The van der Waals surface area contributed by atoms with Crippen LogP contribution in [0.1, 0.15) is 11.1 Å². The highest BCUT2D eigenvalue weighted by Crippen LogP contribution is 2.32. The Hall–Kier alpha value is -2.89. The Kier molecular flexibility index (Phi) is 5.21. The van der Waals surface area contributed by atoms with E-state index in [-0.39, 0.29) is 13.1 Å². The molecule has 0 bridgehead atoms. The highest BCUT2D eigenvalue weighted by molar-refractivity contribution is 5.51. The third-order valence-electron chi connectivity index (χ3n) is 3.94. The maximum absolute atomic E-state index is 14.3. The van der Waals surface area contributed by atoms with Gasteiger partial charge in [0.25, 0.3) is 0 Å². The third-order valence-corrected chi connectivity index (χ3v) is 3.94. The van der Waals surface area contributed by atoms with E-state index in [0.717, 1.165) is 4.90 Å². The van der Waals surface area contributed by atoms with Gasteiger partial charge in [-0.1, -0.05) is 60.7 Å². The van der Waals surface area contributed by atoms with E-state index in [9.17, 15) is 22.0 Å². The van der Waals surface area contributed by atoms with E-state index in [1.807, 2.05) is 0 Å². The number of hydrogen-bond donors (Lipinski definition) is 0. The second kappa shape index (κ2) is 7.56. The van der Waals surface area contributed by atoms with E-state index in [1.165, 1.54) is 0 Å². The SMILES string of the molecule is Fc1c(F)c(F)c(N(Cc2ccccc2)Cc2ccccc2)c(F)c1F. The number of hydrogen-bond acceptors (Lipinski definition) is 1. The lowest BCUT2D eigenvalue weighted by Gasteiger charge is -2.26. The standard InChI is InChI=1S/C20H14F5N/c21-15-16(22)18(24)20(19(25)17(15)23)26(11-13-7-3-1-4-8-13)12-14-9-5-2-6-10-14/h1-10H,11-12H2. The van der Waals surface area contributed by atoms with Crippen molar-refractivity contribution < 1.29 is 22.0 Å². The van der Waals surface area contributed by atoms with Gasteiger partial charge < -0.3 is 4.90 Å². The fourth-order valence-corrected chi connectivity index (χ4v) is 2.69. The average Bonchev–Trinajstić information content (AvgIpc) is 2.66. The molecule has 0 atom stereocenters. The quantitative estimate of drug-likeness (QED) is 0.325. The van der Waals surface area contributed by atoms with E-state index in [0.29, 0.717) is 11.1 Å². The summed E-state index contributed by atoms with van der Waals surface area (Å²) in [6, 6.07) is 17.3. The minimum absolute atomic E-state index is 0.0198. The smallest absolute Gasteiger partial charge is 0.200 e. The van der Waals surface area contributed by atoms with Crippen molar-refractivity contribution in [1.82, 2.24) is 0 Å². The minimum atomic E-state index is -2.16. The molecule has 0 fully saturated rings. The fraction of sp³-hybridized carbons (Fsp3) is 0.100. The molecule has 0 saturated carbocycles. The number of rotatable bonds is 5. The maximum atomic E-state index is 14.3. The van der Waals surface area contributed by atoms with E-state index in [2.05, 4.69) is 0 Å². The number of benzene rings is 3. The van der Waals surface area contributed by atoms with Gasteiger partial charge in [0.2, 0.25) is 5.82 Å². The zero-order valence-electron chi connectivity index (χ0n) is 13.5. The van der Waals surface area contributed by atoms with Crippen molar-refractivity contribution in [2.45, 2.75) is 13.1 Å². The highest BCUT2D eigenvalue weighted by Gasteiger charge is 2.29. The monoisotopic (exact) mass is 363 g/mol. The largest absolute Gasteiger partial charge is 0.358 e. The van der Waals surface area contributed by atoms with Crippen LogP contribution in [0.15, 0.2) is 60.7 Å². The van der Waals surface area contributed by atoms with Crippen LogP contribution in [0.4, 0.5) is 27.6 Å². The normalized spacial score (nSPS) is 10.8. The molecular weight excluding hydrogens is 349 g/mol. The molecule has 3 rings (SSSR count). The Balaban J connectivity index is 2.09. The zero-order chi connectivity index (χ0) is 18.7. The Morgan fingerprint density at radius 2 is 0.846 bits per heavy atom. The van der Waals surface area contributed by atoms with Gasteiger partial charge in [-0.15, -0.1) is 0 Å². The average molecular weight is 363 g/mol. The molecule has 0 amide bonds. The van der Waals surface area contributed by atoms with Crippen LogP contribution in [0.25, 0.3) is 0 Å². The van der Waals surface area contributed by atoms with Gasteiger partial charge in [0.1, 0.15) is 5.69 Å². The van der Waals surface area contributed by atoms with Crippen LogP contribution in [0, 0.1) is 29.1 Å². The van der Waals surface area contributed by atoms with Crippen LogP contribution >= 0.6 is 0 Å². The molecule has 1 nitrogen and oxygen atoms in total. The molecule has 0 radical (unpaired) electrons. The summed E-state index contributed by atoms with van der Waals surface area (Å²) in [6.45, 7) is -0.0395. The van der Waals surface area contributed by atoms with Crippen molar-refractivity contribution in [2.24, 2.45) is 0 Å². The second-order valence-corrected chi connectivity index (χ2v) is 5.75. The molecule has 0 saturated heterocycles. The predicted octanol–water partition coefficient (Wildman–Crippen LogP) is 5.59. The summed E-state index contributed by atoms with van der Waals surface area (Å²) < 4.78 is 69.3. The van der Waals surface area contributed by atoms with Crippen molar-refractivity contribution in [3.05, 3.63) is 101 Å². The van der Waals surface area contributed by atoms with Crippen LogP contribution in [-0.4, -0.2) is 0 Å². The van der Waals surface area contributed by atoms with Crippen LogP contribution < -0.4 is 4.90 Å². The Labute approximate surface area is 147 Å². The molecule has 0 N–H and O–H groups in total. The first-order valence-corrected chi connectivity index (χ1v) is 7.83. The molecule has 3 aromatic carbocycles. The number of anilines is 1. The van der Waals surface area contributed by atoms with Crippen molar-refractivity contribution in [2.75, 3.05) is 4.90 Å². The molecule has 134 valence electrons. The van der Waals surface area contributed by atoms with Crippen LogP contribution in [-0.2, 0) is 13.1 Å². The lowest BCUT2D eigenvalue weighted by atomic mass is 10.1. The minimum Gasteiger partial charge on any atom is -0.358 e. The molecule has 0 aliphatic carbocycles. The summed E-state index contributed by atoms with van der Waals surface area (Å²) in [5.74, 6) is -9.75. The molecule has 26 heavy (non-hydrogen) atoms. The first-order valence-electron chi connectivity index (χ1n) is 7.83. The lowest BCUT2D eigenvalue weighted by Crippen LogP contribution is -2.26. The zero-order valence-corrected chi connectivity index (χ0v) is 13.5. The summed E-state index contributed by atoms with van der Waals surface area (Å²) in [5, 5.41) is 0. The summed E-state index contributed by atoms with van der Waals surface area (Å²) in [7, 11) is 0. The van der Waals surface area contributed by atoms with Gasteiger partial charge in [0.05, 0.1) is 0 Å². The van der Waals surface area contributed by atoms with E-state index < -0.39 is 34.8 Å². The van der Waals surface area contributed by atoms with Crippen molar-refractivity contribution in [3.8, 4) is 0 Å². The Morgan fingerprint density at radius 3 is 1.23 bits per heavy atom. The van der Waals surface area contributed by atoms with Gasteiger partial charge in [-0.2, -0.15) is 0 Å². The summed E-state index contributed by atoms with van der Waals surface area (Å²) >= 11 is 0. The lowest BCUT2D eigenvalue weighted by molar-refractivity contribution is 0.377. The van der Waals surface area contributed by atoms with E-state index >= 15 is 0 Å². The van der Waals surface area contributed by atoms with Gasteiger partial charge in [-0.3, -0.25) is 0 Å². The molecule has 0 aliphatic heterocycles. The van der Waals surface area contributed by atoms with Gasteiger partial charge in [-0.05, 0) is 11.1 Å². The molecule has 0 aromatic heterocycles. The highest BCUT2D eigenvalue weighted by atomic mass is 19.2. The third kappa shape index (κ3) is 3.54. The molecule has 0 aliphatic rings. The summed E-state index contributed by atoms with van der Waals surface area (Å²) in [6.07, 6.45) is 0. The van der Waals surface area contributed by atoms with Crippen LogP contribution in [0.3, 0.4) is 0 Å². The molecular formula is C20H14F5N. The first kappa shape index (κ1) is 17.9. The van der Waals surface area contributed by atoms with Crippen molar-refractivity contribution in [3.63, 3.8) is 0 Å². The second-order valence-electron chi connectivity index (χ2n) is 5.75. The molecule has 0 unspecified atom stereocenters. The summed E-state index contributed by atoms with van der Waals surface area (Å²) in [4.78, 5) is 1.14. The van der Waals surface area contributed by atoms with Crippen LogP contribution in [0.2, 0.25) is 0 Å². The van der Waals surface area contributed by atoms with Gasteiger partial charge >= 0.3 is 0 Å². The maximum Gasteiger partial charge on any atom is 0.200 e. The Morgan fingerprint density at radius 1 is 0.500 bits per heavy atom. The Bertz CT molecular complexity index is 827.